The Balaban J connectivity index is 1.88. The summed E-state index contributed by atoms with van der Waals surface area (Å²) in [6.07, 6.45) is 5.24. The highest BCUT2D eigenvalue weighted by molar-refractivity contribution is 5.97. The van der Waals surface area contributed by atoms with E-state index in [2.05, 4.69) is 24.5 Å². The summed E-state index contributed by atoms with van der Waals surface area (Å²) in [6.45, 7) is 4.93. The van der Waals surface area contributed by atoms with Crippen LogP contribution in [0.4, 0.5) is 0 Å². The van der Waals surface area contributed by atoms with Crippen LogP contribution < -0.4 is 15.4 Å². The lowest BCUT2D eigenvalue weighted by atomic mass is 9.93. The molecule has 1 aliphatic heterocycles. The number of rotatable bonds is 3. The first-order chi connectivity index (χ1) is 14.5. The molecule has 0 aromatic heterocycles. The fraction of sp³-hybridized carbons (Fsp3) is 0.360. The van der Waals surface area contributed by atoms with Gasteiger partial charge in [0.05, 0.1) is 11.5 Å². The Kier molecular flexibility index (Phi) is 7.66. The van der Waals surface area contributed by atoms with E-state index in [1.165, 1.54) is 0 Å². The predicted octanol–water partition coefficient (Wildman–Crippen LogP) is 4.07. The first-order valence-corrected chi connectivity index (χ1v) is 10.5. The van der Waals surface area contributed by atoms with Crippen LogP contribution in [0.15, 0.2) is 66.7 Å². The zero-order valence-electron chi connectivity index (χ0n) is 17.6. The number of carbonyl (C=O) groups excluding carboxylic acids is 2. The number of hydrogen-bond acceptors (Lipinski definition) is 3. The van der Waals surface area contributed by atoms with Gasteiger partial charge in [-0.15, -0.1) is 0 Å². The second-order valence-corrected chi connectivity index (χ2v) is 8.02. The summed E-state index contributed by atoms with van der Waals surface area (Å²) in [5.74, 6) is 0.430. The van der Waals surface area contributed by atoms with Crippen LogP contribution in [0.1, 0.15) is 48.5 Å². The van der Waals surface area contributed by atoms with E-state index in [1.54, 1.807) is 12.1 Å². The van der Waals surface area contributed by atoms with E-state index in [1.807, 2.05) is 54.6 Å². The summed E-state index contributed by atoms with van der Waals surface area (Å²) in [4.78, 5) is 25.9. The van der Waals surface area contributed by atoms with Crippen molar-refractivity contribution in [1.82, 2.24) is 10.6 Å². The van der Waals surface area contributed by atoms with Gasteiger partial charge in [0, 0.05) is 12.6 Å². The molecule has 2 atom stereocenters. The summed E-state index contributed by atoms with van der Waals surface area (Å²) in [6, 6.07) is 16.9. The molecule has 1 aliphatic rings. The topological polar surface area (TPSA) is 67.4 Å². The Labute approximate surface area is 178 Å². The number of fused-ring (bicyclic) bond motifs is 1. The molecule has 0 bridgehead atoms. The molecule has 2 aromatic carbocycles. The summed E-state index contributed by atoms with van der Waals surface area (Å²) >= 11 is 0. The molecule has 2 amide bonds. The van der Waals surface area contributed by atoms with Crippen molar-refractivity contribution in [2.24, 2.45) is 5.92 Å². The molecule has 0 fully saturated rings. The molecular weight excluding hydrogens is 376 g/mol. The molecule has 5 nitrogen and oxygen atoms in total. The molecule has 0 aliphatic carbocycles. The van der Waals surface area contributed by atoms with Crippen molar-refractivity contribution in [2.75, 3.05) is 13.2 Å². The Morgan fingerprint density at radius 3 is 2.50 bits per heavy atom. The largest absolute Gasteiger partial charge is 0.489 e. The molecule has 2 aromatic rings. The monoisotopic (exact) mass is 406 g/mol. The highest BCUT2D eigenvalue weighted by Gasteiger charge is 2.24. The molecular formula is C25H30N2O3. The van der Waals surface area contributed by atoms with E-state index in [9.17, 15) is 9.59 Å². The van der Waals surface area contributed by atoms with Crippen molar-refractivity contribution < 1.29 is 14.3 Å². The average molecular weight is 407 g/mol. The number of carbonyl (C=O) groups is 2. The third-order valence-corrected chi connectivity index (χ3v) is 5.13. The Morgan fingerprint density at radius 2 is 1.73 bits per heavy atom. The van der Waals surface area contributed by atoms with Gasteiger partial charge in [0.2, 0.25) is 5.91 Å². The van der Waals surface area contributed by atoms with Gasteiger partial charge in [0.1, 0.15) is 12.4 Å². The number of amides is 2. The van der Waals surface area contributed by atoms with Gasteiger partial charge in [-0.2, -0.15) is 0 Å². The van der Waals surface area contributed by atoms with Crippen LogP contribution in [0.25, 0.3) is 0 Å². The molecule has 158 valence electrons. The molecule has 0 saturated heterocycles. The number of ether oxygens (including phenoxy) is 1. The second kappa shape index (κ2) is 10.6. The number of benzene rings is 2. The lowest BCUT2D eigenvalue weighted by molar-refractivity contribution is -0.123. The first kappa shape index (κ1) is 21.6. The smallest absolute Gasteiger partial charge is 0.255 e. The van der Waals surface area contributed by atoms with Gasteiger partial charge in [-0.05, 0) is 36.5 Å². The van der Waals surface area contributed by atoms with Crippen molar-refractivity contribution in [3.63, 3.8) is 0 Å². The molecule has 1 unspecified atom stereocenters. The molecule has 0 radical (unpaired) electrons. The van der Waals surface area contributed by atoms with Crippen molar-refractivity contribution in [3.8, 4) is 5.75 Å². The Hall–Kier alpha value is -3.08. The number of nitrogens with one attached hydrogen (secondary N) is 2. The minimum Gasteiger partial charge on any atom is -0.489 e. The zero-order chi connectivity index (χ0) is 21.3. The summed E-state index contributed by atoms with van der Waals surface area (Å²) in [5.41, 5.74) is 1.48. The van der Waals surface area contributed by atoms with E-state index in [-0.39, 0.29) is 23.8 Å². The van der Waals surface area contributed by atoms with Crippen LogP contribution in [-0.4, -0.2) is 31.0 Å². The predicted molar refractivity (Wildman–Crippen MR) is 119 cm³/mol. The quantitative estimate of drug-likeness (QED) is 0.755. The number of allylic oxidation sites excluding steroid dienone is 1. The maximum absolute atomic E-state index is 13.2. The molecule has 0 saturated carbocycles. The van der Waals surface area contributed by atoms with E-state index in [4.69, 9.17) is 4.74 Å². The molecule has 3 rings (SSSR count). The van der Waals surface area contributed by atoms with E-state index >= 15 is 0 Å². The van der Waals surface area contributed by atoms with Crippen molar-refractivity contribution in [3.05, 3.63) is 77.9 Å². The van der Waals surface area contributed by atoms with E-state index < -0.39 is 0 Å². The standard InChI is InChI=1S/C25H30N2O3/c1-18(2)16-20-17-26-24(28)22-13-6-7-14-23(22)30-15-9-8-12-21(25(29)27-20)19-10-4-3-5-11-19/h3-11,13-14,18,20-21H,12,15-17H2,1-2H3,(H,26,28)(H,27,29)/b9-8+/t20-,21?/m0/s1. The molecule has 5 heteroatoms. The highest BCUT2D eigenvalue weighted by atomic mass is 16.5. The summed E-state index contributed by atoms with van der Waals surface area (Å²) in [7, 11) is 0. The average Bonchev–Trinajstić information content (AvgIpc) is 2.74. The van der Waals surface area contributed by atoms with Crippen LogP contribution in [0.3, 0.4) is 0 Å². The van der Waals surface area contributed by atoms with Gasteiger partial charge in [-0.1, -0.05) is 68.5 Å². The van der Waals surface area contributed by atoms with Crippen molar-refractivity contribution in [2.45, 2.75) is 38.6 Å². The van der Waals surface area contributed by atoms with Crippen LogP contribution in [-0.2, 0) is 4.79 Å². The Bertz CT molecular complexity index is 877. The molecule has 2 N–H and O–H groups in total. The van der Waals surface area contributed by atoms with Gasteiger partial charge < -0.3 is 15.4 Å². The molecule has 0 spiro atoms. The van der Waals surface area contributed by atoms with Crippen LogP contribution in [0.5, 0.6) is 5.75 Å². The van der Waals surface area contributed by atoms with Gasteiger partial charge in [0.25, 0.3) is 5.91 Å². The Morgan fingerprint density at radius 1 is 1.00 bits per heavy atom. The normalized spacial score (nSPS) is 21.6. The van der Waals surface area contributed by atoms with Crippen molar-refractivity contribution in [1.29, 1.82) is 0 Å². The lowest BCUT2D eigenvalue weighted by Crippen LogP contribution is -2.46. The van der Waals surface area contributed by atoms with E-state index in [0.717, 1.165) is 12.0 Å². The van der Waals surface area contributed by atoms with Gasteiger partial charge in [-0.25, -0.2) is 0 Å². The van der Waals surface area contributed by atoms with Crippen LogP contribution in [0.2, 0.25) is 0 Å². The first-order valence-electron chi connectivity index (χ1n) is 10.5. The third kappa shape index (κ3) is 5.96. The summed E-state index contributed by atoms with van der Waals surface area (Å²) in [5, 5.41) is 6.15. The minimum atomic E-state index is -0.289. The van der Waals surface area contributed by atoms with Crippen LogP contribution in [0, 0.1) is 5.92 Å². The highest BCUT2D eigenvalue weighted by Crippen LogP contribution is 2.22. The maximum atomic E-state index is 13.2. The maximum Gasteiger partial charge on any atom is 0.255 e. The molecule has 1 heterocycles. The fourth-order valence-electron chi connectivity index (χ4n) is 3.67. The van der Waals surface area contributed by atoms with Gasteiger partial charge in [-0.3, -0.25) is 9.59 Å². The van der Waals surface area contributed by atoms with Crippen LogP contribution >= 0.6 is 0 Å². The minimum absolute atomic E-state index is 0.0240. The van der Waals surface area contributed by atoms with Crippen molar-refractivity contribution >= 4 is 11.8 Å². The number of para-hydroxylation sites is 1. The van der Waals surface area contributed by atoms with Gasteiger partial charge >= 0.3 is 0 Å². The third-order valence-electron chi connectivity index (χ3n) is 5.13. The van der Waals surface area contributed by atoms with E-state index in [0.29, 0.717) is 36.8 Å². The lowest BCUT2D eigenvalue weighted by Gasteiger charge is -2.25. The fourth-order valence-corrected chi connectivity index (χ4v) is 3.67. The summed E-state index contributed by atoms with van der Waals surface area (Å²) < 4.78 is 5.81. The SMILES string of the molecule is CC(C)C[C@H]1CNC(=O)c2ccccc2OC/C=C/CC(c2ccccc2)C(=O)N1. The molecule has 30 heavy (non-hydrogen) atoms. The number of hydrogen-bond donors (Lipinski definition) is 2. The zero-order valence-corrected chi connectivity index (χ0v) is 17.6. The van der Waals surface area contributed by atoms with Gasteiger partial charge in [0.15, 0.2) is 0 Å². The second-order valence-electron chi connectivity index (χ2n) is 8.02.